The van der Waals surface area contributed by atoms with Crippen LogP contribution < -0.4 is 15.4 Å². The number of rotatable bonds is 8. The Morgan fingerprint density at radius 3 is 2.26 bits per heavy atom. The van der Waals surface area contributed by atoms with E-state index < -0.39 is 0 Å². The van der Waals surface area contributed by atoms with Crippen LogP contribution in [0.2, 0.25) is 0 Å². The lowest BCUT2D eigenvalue weighted by molar-refractivity contribution is -0.117. The molecule has 35 heavy (non-hydrogen) atoms. The van der Waals surface area contributed by atoms with Crippen LogP contribution in [0.1, 0.15) is 22.3 Å². The number of hydrogen-bond donors (Lipinski definition) is 2. The van der Waals surface area contributed by atoms with E-state index in [0.29, 0.717) is 29.2 Å². The van der Waals surface area contributed by atoms with Gasteiger partial charge in [-0.15, -0.1) is 0 Å². The Morgan fingerprint density at radius 2 is 1.49 bits per heavy atom. The van der Waals surface area contributed by atoms with E-state index >= 15 is 0 Å². The number of nitrogens with one attached hydrogen (secondary N) is 2. The quantitative estimate of drug-likeness (QED) is 0.517. The fourth-order valence-electron chi connectivity index (χ4n) is 4.23. The van der Waals surface area contributed by atoms with Gasteiger partial charge >= 0.3 is 0 Å². The van der Waals surface area contributed by atoms with Gasteiger partial charge in [0, 0.05) is 30.9 Å². The summed E-state index contributed by atoms with van der Waals surface area (Å²) in [5.41, 5.74) is 3.10. The van der Waals surface area contributed by atoms with Gasteiger partial charge in [0.15, 0.2) is 0 Å². The Kier molecular flexibility index (Phi) is 8.48. The van der Waals surface area contributed by atoms with E-state index in [1.54, 1.807) is 43.5 Å². The summed E-state index contributed by atoms with van der Waals surface area (Å²) >= 11 is 0. The number of methoxy groups -OCH3 is 1. The van der Waals surface area contributed by atoms with Crippen molar-refractivity contribution in [3.63, 3.8) is 0 Å². The molecule has 0 atom stereocenters. The van der Waals surface area contributed by atoms with Gasteiger partial charge in [0.1, 0.15) is 5.75 Å². The maximum absolute atomic E-state index is 12.6. The van der Waals surface area contributed by atoms with E-state index in [1.165, 1.54) is 5.56 Å². The minimum absolute atomic E-state index is 0.0484. The molecule has 1 heterocycles. The Balaban J connectivity index is 1.25. The molecule has 7 nitrogen and oxygen atoms in total. The highest BCUT2D eigenvalue weighted by molar-refractivity contribution is 6.05. The summed E-state index contributed by atoms with van der Waals surface area (Å²) in [4.78, 5) is 29.9. The summed E-state index contributed by atoms with van der Waals surface area (Å²) in [6, 6.07) is 24.7. The molecule has 0 saturated carbocycles. The zero-order chi connectivity index (χ0) is 24.5. The highest BCUT2D eigenvalue weighted by Crippen LogP contribution is 2.24. The lowest BCUT2D eigenvalue weighted by atomic mass is 10.2. The van der Waals surface area contributed by atoms with Gasteiger partial charge in [0.25, 0.3) is 5.91 Å². The molecule has 0 aromatic heterocycles. The minimum atomic E-state index is -0.239. The summed E-state index contributed by atoms with van der Waals surface area (Å²) in [5, 5.41) is 5.80. The zero-order valence-electron chi connectivity index (χ0n) is 20.1. The Bertz CT molecular complexity index is 1120. The van der Waals surface area contributed by atoms with E-state index in [-0.39, 0.29) is 11.8 Å². The predicted molar refractivity (Wildman–Crippen MR) is 139 cm³/mol. The van der Waals surface area contributed by atoms with Crippen molar-refractivity contribution in [1.82, 2.24) is 9.80 Å². The molecule has 3 aromatic carbocycles. The molecule has 0 radical (unpaired) electrons. The molecule has 3 aromatic rings. The second-order valence-electron chi connectivity index (χ2n) is 8.67. The SMILES string of the molecule is COc1ccccc1NC(=O)c1ccc(NC(=O)CN2CCCN(Cc3ccccc3)CC2)cc1. The van der Waals surface area contributed by atoms with Crippen molar-refractivity contribution in [2.24, 2.45) is 0 Å². The van der Waals surface area contributed by atoms with Crippen molar-refractivity contribution in [1.29, 1.82) is 0 Å². The highest BCUT2D eigenvalue weighted by Gasteiger charge is 2.17. The Labute approximate surface area is 206 Å². The third kappa shape index (κ3) is 7.15. The number of para-hydroxylation sites is 2. The first-order valence-corrected chi connectivity index (χ1v) is 11.9. The summed E-state index contributed by atoms with van der Waals surface area (Å²) < 4.78 is 5.28. The summed E-state index contributed by atoms with van der Waals surface area (Å²) in [7, 11) is 1.56. The molecule has 1 saturated heterocycles. The number of amides is 2. The largest absolute Gasteiger partial charge is 0.495 e. The van der Waals surface area contributed by atoms with Gasteiger partial charge in [-0.3, -0.25) is 19.4 Å². The Morgan fingerprint density at radius 1 is 0.800 bits per heavy atom. The van der Waals surface area contributed by atoms with E-state index in [4.69, 9.17) is 4.74 Å². The standard InChI is InChI=1S/C28H32N4O3/c1-35-26-11-6-5-10-25(26)30-28(34)23-12-14-24(15-13-23)29-27(33)21-32-17-7-16-31(18-19-32)20-22-8-3-2-4-9-22/h2-6,8-15H,7,16-21H2,1H3,(H,29,33)(H,30,34). The summed E-state index contributed by atoms with van der Waals surface area (Å²) in [6.45, 7) is 5.04. The second kappa shape index (κ2) is 12.1. The second-order valence-corrected chi connectivity index (χ2v) is 8.67. The molecule has 7 heteroatoms. The topological polar surface area (TPSA) is 73.9 Å². The van der Waals surface area contributed by atoms with Crippen LogP contribution in [0.3, 0.4) is 0 Å². The van der Waals surface area contributed by atoms with Gasteiger partial charge in [-0.25, -0.2) is 0 Å². The van der Waals surface area contributed by atoms with E-state index in [0.717, 1.165) is 39.1 Å². The van der Waals surface area contributed by atoms with Gasteiger partial charge < -0.3 is 15.4 Å². The van der Waals surface area contributed by atoms with Crippen molar-refractivity contribution in [3.05, 3.63) is 90.0 Å². The molecule has 4 rings (SSSR count). The number of benzene rings is 3. The molecule has 0 spiro atoms. The predicted octanol–water partition coefficient (Wildman–Crippen LogP) is 4.09. The first-order chi connectivity index (χ1) is 17.1. The van der Waals surface area contributed by atoms with Crippen LogP contribution in [0.25, 0.3) is 0 Å². The van der Waals surface area contributed by atoms with Crippen molar-refractivity contribution in [2.45, 2.75) is 13.0 Å². The lowest BCUT2D eigenvalue weighted by Crippen LogP contribution is -2.36. The van der Waals surface area contributed by atoms with Gasteiger partial charge in [-0.05, 0) is 61.5 Å². The maximum atomic E-state index is 12.6. The van der Waals surface area contributed by atoms with E-state index in [1.807, 2.05) is 18.2 Å². The molecule has 182 valence electrons. The van der Waals surface area contributed by atoms with Crippen LogP contribution in [0.5, 0.6) is 5.75 Å². The molecule has 2 amide bonds. The monoisotopic (exact) mass is 472 g/mol. The van der Waals surface area contributed by atoms with E-state index in [2.05, 4.69) is 44.7 Å². The molecule has 1 aliphatic rings. The van der Waals surface area contributed by atoms with Crippen LogP contribution in [-0.4, -0.2) is 61.4 Å². The third-order valence-electron chi connectivity index (χ3n) is 6.08. The molecular formula is C28H32N4O3. The number of carbonyl (C=O) groups is 2. The first kappa shape index (κ1) is 24.4. The van der Waals surface area contributed by atoms with E-state index in [9.17, 15) is 9.59 Å². The van der Waals surface area contributed by atoms with Gasteiger partial charge in [0.2, 0.25) is 5.91 Å². The average Bonchev–Trinajstić information content (AvgIpc) is 3.10. The van der Waals surface area contributed by atoms with Crippen LogP contribution in [-0.2, 0) is 11.3 Å². The number of ether oxygens (including phenoxy) is 1. The van der Waals surface area contributed by atoms with Crippen LogP contribution in [0.4, 0.5) is 11.4 Å². The fraction of sp³-hybridized carbons (Fsp3) is 0.286. The van der Waals surface area contributed by atoms with Crippen molar-refractivity contribution >= 4 is 23.2 Å². The van der Waals surface area contributed by atoms with Gasteiger partial charge in [-0.1, -0.05) is 42.5 Å². The smallest absolute Gasteiger partial charge is 0.255 e. The van der Waals surface area contributed by atoms with Gasteiger partial charge in [-0.2, -0.15) is 0 Å². The normalized spacial score (nSPS) is 14.7. The first-order valence-electron chi connectivity index (χ1n) is 11.9. The molecule has 1 fully saturated rings. The number of carbonyl (C=O) groups excluding carboxylic acids is 2. The molecule has 0 bridgehead atoms. The maximum Gasteiger partial charge on any atom is 0.255 e. The molecular weight excluding hydrogens is 440 g/mol. The number of hydrogen-bond acceptors (Lipinski definition) is 5. The molecule has 2 N–H and O–H groups in total. The molecule has 0 unspecified atom stereocenters. The highest BCUT2D eigenvalue weighted by atomic mass is 16.5. The number of nitrogens with zero attached hydrogens (tertiary/aromatic N) is 2. The van der Waals surface area contributed by atoms with Crippen LogP contribution in [0, 0.1) is 0 Å². The van der Waals surface area contributed by atoms with Crippen LogP contribution >= 0.6 is 0 Å². The van der Waals surface area contributed by atoms with Crippen molar-refractivity contribution in [3.8, 4) is 5.75 Å². The lowest BCUT2D eigenvalue weighted by Gasteiger charge is -2.21. The minimum Gasteiger partial charge on any atom is -0.495 e. The molecule has 0 aliphatic carbocycles. The number of anilines is 2. The van der Waals surface area contributed by atoms with Crippen molar-refractivity contribution < 1.29 is 14.3 Å². The summed E-state index contributed by atoms with van der Waals surface area (Å²) in [5.74, 6) is 0.311. The zero-order valence-corrected chi connectivity index (χ0v) is 20.1. The summed E-state index contributed by atoms with van der Waals surface area (Å²) in [6.07, 6.45) is 1.04. The Hall–Kier alpha value is -3.68. The van der Waals surface area contributed by atoms with Crippen LogP contribution in [0.15, 0.2) is 78.9 Å². The third-order valence-corrected chi connectivity index (χ3v) is 6.08. The van der Waals surface area contributed by atoms with Crippen molar-refractivity contribution in [2.75, 3.05) is 50.5 Å². The average molecular weight is 473 g/mol. The molecule has 1 aliphatic heterocycles. The fourth-order valence-corrected chi connectivity index (χ4v) is 4.23. The van der Waals surface area contributed by atoms with Gasteiger partial charge in [0.05, 0.1) is 19.3 Å².